The Kier molecular flexibility index (Phi) is 4.76. The van der Waals surface area contributed by atoms with Crippen LogP contribution in [0.3, 0.4) is 0 Å². The van der Waals surface area contributed by atoms with Crippen molar-refractivity contribution in [2.24, 2.45) is 5.73 Å². The highest BCUT2D eigenvalue weighted by Gasteiger charge is 2.42. The van der Waals surface area contributed by atoms with Crippen molar-refractivity contribution < 1.29 is 13.2 Å². The zero-order valence-corrected chi connectivity index (χ0v) is 9.81. The molecule has 0 aromatic carbocycles. The molecule has 1 aromatic heterocycles. The normalized spacial score (nSPS) is 14.4. The van der Waals surface area contributed by atoms with E-state index >= 15 is 0 Å². The number of alkyl halides is 3. The third-order valence-electron chi connectivity index (χ3n) is 2.39. The molecule has 0 fully saturated rings. The van der Waals surface area contributed by atoms with Crippen LogP contribution in [0.5, 0.6) is 0 Å². The second-order valence-electron chi connectivity index (χ2n) is 3.44. The fourth-order valence-corrected chi connectivity index (χ4v) is 2.26. The molecule has 0 aliphatic rings. The van der Waals surface area contributed by atoms with Crippen LogP contribution in [0, 0.1) is 0 Å². The number of hydrogen-bond donors (Lipinski definition) is 1. The van der Waals surface area contributed by atoms with Crippen LogP contribution in [0.2, 0.25) is 0 Å². The zero-order chi connectivity index (χ0) is 12.2. The van der Waals surface area contributed by atoms with Crippen molar-refractivity contribution in [3.05, 3.63) is 22.4 Å². The van der Waals surface area contributed by atoms with Gasteiger partial charge in [0.15, 0.2) is 0 Å². The van der Waals surface area contributed by atoms with E-state index in [2.05, 4.69) is 0 Å². The van der Waals surface area contributed by atoms with Gasteiger partial charge in [-0.3, -0.25) is 4.90 Å². The smallest absolute Gasteiger partial charge is 0.329 e. The molecule has 0 saturated carbocycles. The van der Waals surface area contributed by atoms with Gasteiger partial charge in [0.1, 0.15) is 6.04 Å². The fraction of sp³-hybridized carbons (Fsp3) is 0.600. The second kappa shape index (κ2) is 5.65. The molecular weight excluding hydrogens is 237 g/mol. The van der Waals surface area contributed by atoms with E-state index in [0.717, 1.165) is 4.88 Å². The quantitative estimate of drug-likeness (QED) is 0.872. The molecule has 1 atom stereocenters. The van der Waals surface area contributed by atoms with Crippen molar-refractivity contribution >= 4 is 11.3 Å². The number of hydrogen-bond acceptors (Lipinski definition) is 3. The molecule has 0 saturated heterocycles. The van der Waals surface area contributed by atoms with Gasteiger partial charge < -0.3 is 5.73 Å². The Balaban J connectivity index is 2.72. The number of nitrogens with zero attached hydrogens (tertiary/aromatic N) is 1. The molecule has 0 radical (unpaired) electrons. The van der Waals surface area contributed by atoms with Gasteiger partial charge in [-0.15, -0.1) is 11.3 Å². The minimum atomic E-state index is -4.26. The lowest BCUT2D eigenvalue weighted by Gasteiger charge is -2.30. The predicted octanol–water partition coefficient (Wildman–Crippen LogP) is 2.46. The van der Waals surface area contributed by atoms with Crippen molar-refractivity contribution in [3.63, 3.8) is 0 Å². The maximum absolute atomic E-state index is 12.7. The lowest BCUT2D eigenvalue weighted by Crippen LogP contribution is -2.49. The first-order valence-corrected chi connectivity index (χ1v) is 5.90. The van der Waals surface area contributed by atoms with Crippen LogP contribution in [0.25, 0.3) is 0 Å². The van der Waals surface area contributed by atoms with E-state index < -0.39 is 18.8 Å². The van der Waals surface area contributed by atoms with Crippen LogP contribution >= 0.6 is 11.3 Å². The summed E-state index contributed by atoms with van der Waals surface area (Å²) in [5.41, 5.74) is 5.21. The molecule has 6 heteroatoms. The van der Waals surface area contributed by atoms with Crippen molar-refractivity contribution in [1.29, 1.82) is 0 Å². The summed E-state index contributed by atoms with van der Waals surface area (Å²) in [5.74, 6) is 0. The molecule has 2 nitrogen and oxygen atoms in total. The molecule has 0 bridgehead atoms. The molecular formula is C10H15F3N2S. The Hall–Kier alpha value is -0.590. The topological polar surface area (TPSA) is 29.3 Å². The van der Waals surface area contributed by atoms with Crippen molar-refractivity contribution in [3.8, 4) is 0 Å². The first-order chi connectivity index (χ1) is 7.49. The molecule has 0 aliphatic heterocycles. The van der Waals surface area contributed by atoms with Gasteiger partial charge in [0.25, 0.3) is 0 Å². The fourth-order valence-electron chi connectivity index (χ4n) is 1.53. The molecule has 0 amide bonds. The number of nitrogens with two attached hydrogens (primary N) is 1. The van der Waals surface area contributed by atoms with Crippen molar-refractivity contribution in [2.45, 2.75) is 25.7 Å². The SMILES string of the molecule is CCN(Cc1cccs1)C(CN)C(F)(F)F. The minimum Gasteiger partial charge on any atom is -0.329 e. The molecule has 0 aliphatic carbocycles. The van der Waals surface area contributed by atoms with E-state index in [0.29, 0.717) is 13.1 Å². The van der Waals surface area contributed by atoms with Crippen molar-refractivity contribution in [1.82, 2.24) is 4.90 Å². The maximum atomic E-state index is 12.7. The van der Waals surface area contributed by atoms with Gasteiger partial charge in [0, 0.05) is 18.0 Å². The first-order valence-electron chi connectivity index (χ1n) is 5.02. The highest BCUT2D eigenvalue weighted by molar-refractivity contribution is 7.09. The number of likely N-dealkylation sites (N-methyl/N-ethyl adjacent to an activating group) is 1. The highest BCUT2D eigenvalue weighted by Crippen LogP contribution is 2.26. The molecule has 16 heavy (non-hydrogen) atoms. The van der Waals surface area contributed by atoms with Crippen LogP contribution in [0.1, 0.15) is 11.8 Å². The Labute approximate surface area is 96.9 Å². The van der Waals surface area contributed by atoms with Crippen LogP contribution in [-0.2, 0) is 6.54 Å². The Bertz CT molecular complexity index is 298. The van der Waals surface area contributed by atoms with Gasteiger partial charge in [-0.2, -0.15) is 13.2 Å². The lowest BCUT2D eigenvalue weighted by atomic mass is 10.2. The van der Waals surface area contributed by atoms with Gasteiger partial charge in [0.05, 0.1) is 0 Å². The molecule has 1 unspecified atom stereocenters. The van der Waals surface area contributed by atoms with Gasteiger partial charge in [-0.1, -0.05) is 13.0 Å². The van der Waals surface area contributed by atoms with E-state index in [1.165, 1.54) is 16.2 Å². The summed E-state index contributed by atoms with van der Waals surface area (Å²) in [4.78, 5) is 2.27. The Morgan fingerprint density at radius 3 is 2.56 bits per heavy atom. The van der Waals surface area contributed by atoms with Crippen LogP contribution in [-0.4, -0.2) is 30.2 Å². The Morgan fingerprint density at radius 2 is 2.19 bits per heavy atom. The number of rotatable bonds is 5. The van der Waals surface area contributed by atoms with Gasteiger partial charge >= 0.3 is 6.18 Å². The summed E-state index contributed by atoms with van der Waals surface area (Å²) < 4.78 is 38.0. The third-order valence-corrected chi connectivity index (χ3v) is 3.25. The maximum Gasteiger partial charge on any atom is 0.405 e. The van der Waals surface area contributed by atoms with Crippen LogP contribution in [0.15, 0.2) is 17.5 Å². The first kappa shape index (κ1) is 13.5. The second-order valence-corrected chi connectivity index (χ2v) is 4.47. The van der Waals surface area contributed by atoms with E-state index in [-0.39, 0.29) is 0 Å². The van der Waals surface area contributed by atoms with Crippen LogP contribution in [0.4, 0.5) is 13.2 Å². The van der Waals surface area contributed by atoms with Crippen LogP contribution < -0.4 is 5.73 Å². The Morgan fingerprint density at radius 1 is 1.50 bits per heavy atom. The predicted molar refractivity (Wildman–Crippen MR) is 59.3 cm³/mol. The summed E-state index contributed by atoms with van der Waals surface area (Å²) in [6.07, 6.45) is -4.26. The minimum absolute atomic E-state index is 0.301. The van der Waals surface area contributed by atoms with Crippen molar-refractivity contribution in [2.75, 3.05) is 13.1 Å². The summed E-state index contributed by atoms with van der Waals surface area (Å²) in [7, 11) is 0. The van der Waals surface area contributed by atoms with E-state index in [9.17, 15) is 13.2 Å². The van der Waals surface area contributed by atoms with E-state index in [1.54, 1.807) is 6.92 Å². The summed E-state index contributed by atoms with van der Waals surface area (Å²) in [5, 5.41) is 1.86. The van der Waals surface area contributed by atoms with E-state index in [1.807, 2.05) is 17.5 Å². The largest absolute Gasteiger partial charge is 0.405 e. The molecule has 92 valence electrons. The van der Waals surface area contributed by atoms with Gasteiger partial charge in [-0.25, -0.2) is 0 Å². The summed E-state index contributed by atoms with van der Waals surface area (Å²) in [6, 6.07) is 2.11. The van der Waals surface area contributed by atoms with Gasteiger partial charge in [-0.05, 0) is 18.0 Å². The molecule has 1 heterocycles. The standard InChI is InChI=1S/C10H15F3N2S/c1-2-15(7-8-4-3-5-16-8)9(6-14)10(11,12)13/h3-5,9H,2,6-7,14H2,1H3. The summed E-state index contributed by atoms with van der Waals surface area (Å²) >= 11 is 1.46. The average Bonchev–Trinajstić information content (AvgIpc) is 2.67. The lowest BCUT2D eigenvalue weighted by molar-refractivity contribution is -0.181. The monoisotopic (exact) mass is 252 g/mol. The van der Waals surface area contributed by atoms with E-state index in [4.69, 9.17) is 5.73 Å². The average molecular weight is 252 g/mol. The third kappa shape index (κ3) is 3.47. The zero-order valence-electron chi connectivity index (χ0n) is 9.00. The molecule has 2 N–H and O–H groups in total. The number of halogens is 3. The van der Waals surface area contributed by atoms with Gasteiger partial charge in [0.2, 0.25) is 0 Å². The number of thiophene rings is 1. The highest BCUT2D eigenvalue weighted by atomic mass is 32.1. The summed E-state index contributed by atoms with van der Waals surface area (Å²) in [6.45, 7) is 1.94. The molecule has 1 rings (SSSR count). The molecule has 0 spiro atoms. The molecule has 1 aromatic rings.